The lowest BCUT2D eigenvalue weighted by Gasteiger charge is -2.48. The van der Waals surface area contributed by atoms with Crippen molar-refractivity contribution in [2.75, 3.05) is 13.2 Å². The SMILES string of the molecule is CC(C)(C)[Si]1(C(C)(C)C)OCC=CCO1. The fourth-order valence-corrected chi connectivity index (χ4v) is 7.23. The minimum Gasteiger partial charge on any atom is -0.390 e. The van der Waals surface area contributed by atoms with Crippen molar-refractivity contribution in [1.82, 2.24) is 0 Å². The summed E-state index contributed by atoms with van der Waals surface area (Å²) in [6.45, 7) is 14.8. The molecule has 0 saturated heterocycles. The van der Waals surface area contributed by atoms with Crippen molar-refractivity contribution in [2.24, 2.45) is 0 Å². The van der Waals surface area contributed by atoms with Crippen LogP contribution in [0.5, 0.6) is 0 Å². The molecular weight excluding hydrogens is 204 g/mol. The van der Waals surface area contributed by atoms with Crippen molar-refractivity contribution in [3.63, 3.8) is 0 Å². The lowest BCUT2D eigenvalue weighted by atomic mass is 10.2. The lowest BCUT2D eigenvalue weighted by Crippen LogP contribution is -2.57. The molecule has 0 bridgehead atoms. The highest BCUT2D eigenvalue weighted by Gasteiger charge is 2.58. The minimum atomic E-state index is -2.20. The first-order valence-electron chi connectivity index (χ1n) is 5.64. The van der Waals surface area contributed by atoms with Crippen LogP contribution in [0.2, 0.25) is 10.1 Å². The molecule has 15 heavy (non-hydrogen) atoms. The van der Waals surface area contributed by atoms with Crippen LogP contribution in [0.15, 0.2) is 12.2 Å². The molecule has 88 valence electrons. The molecule has 0 unspecified atom stereocenters. The van der Waals surface area contributed by atoms with Crippen LogP contribution in [0.1, 0.15) is 41.5 Å². The molecule has 2 nitrogen and oxygen atoms in total. The first-order valence-corrected chi connectivity index (χ1v) is 7.45. The molecule has 3 heteroatoms. The van der Waals surface area contributed by atoms with Gasteiger partial charge in [-0.05, 0) is 0 Å². The summed E-state index contributed by atoms with van der Waals surface area (Å²) in [5, 5.41) is 0.189. The van der Waals surface area contributed by atoms with Crippen LogP contribution in [0.4, 0.5) is 0 Å². The Labute approximate surface area is 94.9 Å². The average molecular weight is 228 g/mol. The maximum Gasteiger partial charge on any atom is 0.349 e. The quantitative estimate of drug-likeness (QED) is 0.465. The third kappa shape index (κ3) is 2.35. The van der Waals surface area contributed by atoms with Crippen molar-refractivity contribution in [3.05, 3.63) is 12.2 Å². The van der Waals surface area contributed by atoms with Gasteiger partial charge in [-0.1, -0.05) is 53.7 Å². The molecule has 0 aromatic carbocycles. The van der Waals surface area contributed by atoms with E-state index in [2.05, 4.69) is 53.7 Å². The normalized spacial score (nSPS) is 22.5. The van der Waals surface area contributed by atoms with Gasteiger partial charge in [0.05, 0.1) is 13.2 Å². The molecule has 0 aromatic rings. The lowest BCUT2D eigenvalue weighted by molar-refractivity contribution is 0.160. The van der Waals surface area contributed by atoms with Gasteiger partial charge in [0.15, 0.2) is 0 Å². The summed E-state index contributed by atoms with van der Waals surface area (Å²) in [4.78, 5) is 0. The van der Waals surface area contributed by atoms with E-state index < -0.39 is 8.56 Å². The smallest absolute Gasteiger partial charge is 0.349 e. The van der Waals surface area contributed by atoms with Crippen molar-refractivity contribution < 1.29 is 8.85 Å². The third-order valence-electron chi connectivity index (χ3n) is 2.91. The number of hydrogen-bond donors (Lipinski definition) is 0. The van der Waals surface area contributed by atoms with Gasteiger partial charge in [-0.15, -0.1) is 0 Å². The van der Waals surface area contributed by atoms with E-state index in [1.165, 1.54) is 0 Å². The molecule has 0 atom stereocenters. The predicted octanol–water partition coefficient (Wildman–Crippen LogP) is 3.63. The zero-order valence-corrected chi connectivity index (χ0v) is 11.9. The predicted molar refractivity (Wildman–Crippen MR) is 66.2 cm³/mol. The Kier molecular flexibility index (Phi) is 3.48. The Morgan fingerprint density at radius 3 is 1.40 bits per heavy atom. The maximum absolute atomic E-state index is 6.15. The van der Waals surface area contributed by atoms with E-state index in [0.717, 1.165) is 0 Å². The van der Waals surface area contributed by atoms with Gasteiger partial charge in [0.25, 0.3) is 0 Å². The molecule has 1 heterocycles. The summed E-state index contributed by atoms with van der Waals surface area (Å²) >= 11 is 0. The first-order chi connectivity index (χ1) is 6.71. The van der Waals surface area contributed by atoms with Gasteiger partial charge in [-0.3, -0.25) is 0 Å². The van der Waals surface area contributed by atoms with Gasteiger partial charge in [-0.25, -0.2) is 0 Å². The Morgan fingerprint density at radius 1 is 0.800 bits per heavy atom. The van der Waals surface area contributed by atoms with Crippen LogP contribution >= 0.6 is 0 Å². The molecular formula is C12H24O2Si. The molecule has 0 N–H and O–H groups in total. The summed E-state index contributed by atoms with van der Waals surface area (Å²) in [5.74, 6) is 0. The summed E-state index contributed by atoms with van der Waals surface area (Å²) in [6.07, 6.45) is 4.12. The van der Waals surface area contributed by atoms with Crippen LogP contribution < -0.4 is 0 Å². The average Bonchev–Trinajstić information content (AvgIpc) is 2.25. The highest BCUT2D eigenvalue weighted by Crippen LogP contribution is 2.52. The molecule has 0 amide bonds. The Balaban J connectivity index is 3.07. The van der Waals surface area contributed by atoms with E-state index in [4.69, 9.17) is 8.85 Å². The molecule has 0 aliphatic carbocycles. The fourth-order valence-electron chi connectivity index (χ4n) is 2.50. The second kappa shape index (κ2) is 4.04. The topological polar surface area (TPSA) is 18.5 Å². The van der Waals surface area contributed by atoms with Crippen molar-refractivity contribution in [3.8, 4) is 0 Å². The molecule has 1 aliphatic heterocycles. The van der Waals surface area contributed by atoms with E-state index in [1.54, 1.807) is 0 Å². The van der Waals surface area contributed by atoms with Crippen LogP contribution in [-0.4, -0.2) is 21.8 Å². The Morgan fingerprint density at radius 2 is 1.13 bits per heavy atom. The van der Waals surface area contributed by atoms with Crippen molar-refractivity contribution >= 4 is 8.56 Å². The largest absolute Gasteiger partial charge is 0.390 e. The fraction of sp³-hybridized carbons (Fsp3) is 0.833. The van der Waals surface area contributed by atoms with Crippen LogP contribution in [-0.2, 0) is 8.85 Å². The van der Waals surface area contributed by atoms with E-state index in [9.17, 15) is 0 Å². The molecule has 0 fully saturated rings. The van der Waals surface area contributed by atoms with Crippen molar-refractivity contribution in [2.45, 2.75) is 51.6 Å². The molecule has 1 aliphatic rings. The molecule has 0 aromatic heterocycles. The summed E-state index contributed by atoms with van der Waals surface area (Å²) in [5.41, 5.74) is 0. The number of hydrogen-bond acceptors (Lipinski definition) is 2. The summed E-state index contributed by atoms with van der Waals surface area (Å²) in [7, 11) is -2.20. The van der Waals surface area contributed by atoms with E-state index in [1.807, 2.05) is 0 Å². The van der Waals surface area contributed by atoms with Crippen LogP contribution in [0.25, 0.3) is 0 Å². The Hall–Kier alpha value is -0.123. The van der Waals surface area contributed by atoms with Crippen LogP contribution in [0, 0.1) is 0 Å². The van der Waals surface area contributed by atoms with Gasteiger partial charge in [0, 0.05) is 10.1 Å². The molecule has 0 radical (unpaired) electrons. The number of rotatable bonds is 0. The van der Waals surface area contributed by atoms with Gasteiger partial charge in [0.1, 0.15) is 0 Å². The van der Waals surface area contributed by atoms with E-state index in [-0.39, 0.29) is 10.1 Å². The van der Waals surface area contributed by atoms with Gasteiger partial charge >= 0.3 is 8.56 Å². The van der Waals surface area contributed by atoms with Gasteiger partial charge < -0.3 is 8.85 Å². The van der Waals surface area contributed by atoms with Crippen molar-refractivity contribution in [1.29, 1.82) is 0 Å². The summed E-state index contributed by atoms with van der Waals surface area (Å²) in [6, 6.07) is 0. The van der Waals surface area contributed by atoms with E-state index >= 15 is 0 Å². The van der Waals surface area contributed by atoms with Gasteiger partial charge in [-0.2, -0.15) is 0 Å². The summed E-state index contributed by atoms with van der Waals surface area (Å²) < 4.78 is 12.3. The van der Waals surface area contributed by atoms with Crippen LogP contribution in [0.3, 0.4) is 0 Å². The molecule has 1 rings (SSSR count). The highest BCUT2D eigenvalue weighted by atomic mass is 28.4. The second-order valence-corrected chi connectivity index (χ2v) is 11.0. The van der Waals surface area contributed by atoms with E-state index in [0.29, 0.717) is 13.2 Å². The molecule has 0 saturated carbocycles. The van der Waals surface area contributed by atoms with Gasteiger partial charge in [0.2, 0.25) is 0 Å². The second-order valence-electron chi connectivity index (χ2n) is 6.21. The zero-order valence-electron chi connectivity index (χ0n) is 10.9. The first kappa shape index (κ1) is 12.9. The minimum absolute atomic E-state index is 0.0945. The Bertz CT molecular complexity index is 219. The molecule has 0 spiro atoms. The highest BCUT2D eigenvalue weighted by molar-refractivity contribution is 6.73. The third-order valence-corrected chi connectivity index (χ3v) is 8.00. The zero-order chi connectivity index (χ0) is 11.7. The monoisotopic (exact) mass is 228 g/mol. The maximum atomic E-state index is 6.15. The standard InChI is InChI=1S/C12H24O2Si/c1-11(2,3)15(12(4,5)6)13-9-7-8-10-14-15/h7-8H,9-10H2,1-6H3.